The van der Waals surface area contributed by atoms with Gasteiger partial charge in [-0.15, -0.1) is 0 Å². The van der Waals surface area contributed by atoms with Crippen molar-refractivity contribution in [3.63, 3.8) is 0 Å². The van der Waals surface area contributed by atoms with Crippen molar-refractivity contribution in [2.75, 3.05) is 0 Å². The molecule has 1 aliphatic heterocycles. The smallest absolute Gasteiger partial charge is 0.0995 e. The summed E-state index contributed by atoms with van der Waals surface area (Å²) in [4.78, 5) is 2.21. The summed E-state index contributed by atoms with van der Waals surface area (Å²) in [5, 5.41) is 3.39. The molecule has 3 heteroatoms. The van der Waals surface area contributed by atoms with E-state index in [9.17, 15) is 0 Å². The molecule has 24 heavy (non-hydrogen) atoms. The van der Waals surface area contributed by atoms with Gasteiger partial charge in [-0.3, -0.25) is 0 Å². The molecule has 2 atom stereocenters. The SMILES string of the molecule is CCCCCCCCC/C=C/CCCCCC1NC=CN1C(C)N. The van der Waals surface area contributed by atoms with Gasteiger partial charge in [0.15, 0.2) is 0 Å². The highest BCUT2D eigenvalue weighted by atomic mass is 15.3. The lowest BCUT2D eigenvalue weighted by molar-refractivity contribution is 0.208. The van der Waals surface area contributed by atoms with Crippen molar-refractivity contribution in [3.05, 3.63) is 24.6 Å². The maximum absolute atomic E-state index is 5.96. The highest BCUT2D eigenvalue weighted by Crippen LogP contribution is 2.15. The lowest BCUT2D eigenvalue weighted by Gasteiger charge is -2.28. The first-order chi connectivity index (χ1) is 11.8. The van der Waals surface area contributed by atoms with Crippen LogP contribution >= 0.6 is 0 Å². The Morgan fingerprint density at radius 3 is 2.17 bits per heavy atom. The fourth-order valence-corrected chi connectivity index (χ4v) is 3.31. The predicted octanol–water partition coefficient (Wildman–Crippen LogP) is 5.64. The fourth-order valence-electron chi connectivity index (χ4n) is 3.31. The summed E-state index contributed by atoms with van der Waals surface area (Å²) >= 11 is 0. The van der Waals surface area contributed by atoms with E-state index in [0.29, 0.717) is 6.17 Å². The minimum atomic E-state index is 0.0934. The Bertz CT molecular complexity index is 336. The lowest BCUT2D eigenvalue weighted by Crippen LogP contribution is -2.44. The third-order valence-corrected chi connectivity index (χ3v) is 4.85. The van der Waals surface area contributed by atoms with E-state index in [4.69, 9.17) is 5.73 Å². The minimum Gasteiger partial charge on any atom is -0.370 e. The number of nitrogens with two attached hydrogens (primary N) is 1. The second-order valence-corrected chi connectivity index (χ2v) is 7.21. The second kappa shape index (κ2) is 14.4. The van der Waals surface area contributed by atoms with Crippen molar-refractivity contribution in [1.29, 1.82) is 0 Å². The number of unbranched alkanes of at least 4 members (excludes halogenated alkanes) is 10. The van der Waals surface area contributed by atoms with Gasteiger partial charge in [0.05, 0.1) is 12.3 Å². The van der Waals surface area contributed by atoms with Crippen LogP contribution in [0.4, 0.5) is 0 Å². The summed E-state index contributed by atoms with van der Waals surface area (Å²) in [5.74, 6) is 0. The summed E-state index contributed by atoms with van der Waals surface area (Å²) in [5.41, 5.74) is 5.96. The first-order valence-corrected chi connectivity index (χ1v) is 10.4. The highest BCUT2D eigenvalue weighted by molar-refractivity contribution is 4.95. The standard InChI is InChI=1S/C21H41N3/c1-3-4-5-6-7-8-9-10-11-12-13-14-15-16-17-21-23-18-19-24(21)20(2)22/h11-12,18-21,23H,3-10,13-17,22H2,1-2H3/b12-11+. The van der Waals surface area contributed by atoms with Gasteiger partial charge >= 0.3 is 0 Å². The molecule has 0 amide bonds. The molecule has 0 saturated carbocycles. The third kappa shape index (κ3) is 10.0. The Labute approximate surface area is 150 Å². The molecule has 3 nitrogen and oxygen atoms in total. The number of nitrogens with one attached hydrogen (secondary N) is 1. The van der Waals surface area contributed by atoms with E-state index in [1.54, 1.807) is 0 Å². The van der Waals surface area contributed by atoms with Gasteiger partial charge in [-0.1, -0.05) is 64.0 Å². The van der Waals surface area contributed by atoms with Crippen LogP contribution in [0.5, 0.6) is 0 Å². The van der Waals surface area contributed by atoms with Crippen molar-refractivity contribution in [3.8, 4) is 0 Å². The molecule has 0 aromatic carbocycles. The van der Waals surface area contributed by atoms with Crippen molar-refractivity contribution < 1.29 is 0 Å². The van der Waals surface area contributed by atoms with Crippen LogP contribution in [-0.4, -0.2) is 17.2 Å². The molecule has 0 saturated heterocycles. The Kier molecular flexibility index (Phi) is 12.6. The minimum absolute atomic E-state index is 0.0934. The first-order valence-electron chi connectivity index (χ1n) is 10.4. The molecular weight excluding hydrogens is 294 g/mol. The number of rotatable bonds is 15. The molecule has 3 N–H and O–H groups in total. The summed E-state index contributed by atoms with van der Waals surface area (Å²) in [6.07, 6.45) is 26.8. The van der Waals surface area contributed by atoms with Gasteiger partial charge in [0.1, 0.15) is 0 Å². The number of hydrogen-bond acceptors (Lipinski definition) is 3. The summed E-state index contributed by atoms with van der Waals surface area (Å²) in [6, 6.07) is 0. The molecule has 140 valence electrons. The molecule has 1 rings (SSSR count). The van der Waals surface area contributed by atoms with Crippen molar-refractivity contribution in [1.82, 2.24) is 10.2 Å². The summed E-state index contributed by atoms with van der Waals surface area (Å²) < 4.78 is 0. The van der Waals surface area contributed by atoms with Crippen LogP contribution in [0, 0.1) is 0 Å². The van der Waals surface area contributed by atoms with E-state index < -0.39 is 0 Å². The Balaban J connectivity index is 1.85. The predicted molar refractivity (Wildman–Crippen MR) is 106 cm³/mol. The van der Waals surface area contributed by atoms with Crippen LogP contribution in [0.15, 0.2) is 24.6 Å². The van der Waals surface area contributed by atoms with Crippen molar-refractivity contribution in [2.24, 2.45) is 5.73 Å². The largest absolute Gasteiger partial charge is 0.370 e. The van der Waals surface area contributed by atoms with Gasteiger partial charge in [-0.2, -0.15) is 0 Å². The summed E-state index contributed by atoms with van der Waals surface area (Å²) in [6.45, 7) is 4.32. The molecule has 1 aliphatic rings. The molecule has 0 aromatic heterocycles. The van der Waals surface area contributed by atoms with Crippen molar-refractivity contribution >= 4 is 0 Å². The number of nitrogens with zero attached hydrogens (tertiary/aromatic N) is 1. The molecule has 0 bridgehead atoms. The van der Waals surface area contributed by atoms with Gasteiger partial charge in [-0.05, 0) is 45.4 Å². The summed E-state index contributed by atoms with van der Waals surface area (Å²) in [7, 11) is 0. The van der Waals surface area contributed by atoms with E-state index in [1.807, 2.05) is 13.1 Å². The lowest BCUT2D eigenvalue weighted by atomic mass is 10.1. The van der Waals surface area contributed by atoms with E-state index in [1.165, 1.54) is 83.5 Å². The van der Waals surface area contributed by atoms with Crippen LogP contribution in [-0.2, 0) is 0 Å². The Hall–Kier alpha value is -0.960. The zero-order chi connectivity index (χ0) is 17.5. The molecule has 1 heterocycles. The van der Waals surface area contributed by atoms with Gasteiger partial charge in [0, 0.05) is 12.4 Å². The highest BCUT2D eigenvalue weighted by Gasteiger charge is 2.20. The molecule has 2 unspecified atom stereocenters. The molecule has 0 aliphatic carbocycles. The zero-order valence-electron chi connectivity index (χ0n) is 16.2. The van der Waals surface area contributed by atoms with Gasteiger partial charge in [0.2, 0.25) is 0 Å². The molecule has 0 radical (unpaired) electrons. The van der Waals surface area contributed by atoms with E-state index in [0.717, 1.165) is 0 Å². The van der Waals surface area contributed by atoms with Crippen molar-refractivity contribution in [2.45, 2.75) is 110 Å². The second-order valence-electron chi connectivity index (χ2n) is 7.21. The molecule has 0 aromatic rings. The van der Waals surface area contributed by atoms with Gasteiger partial charge < -0.3 is 16.0 Å². The quantitative estimate of drug-likeness (QED) is 0.300. The van der Waals surface area contributed by atoms with Gasteiger partial charge in [-0.25, -0.2) is 0 Å². The maximum Gasteiger partial charge on any atom is 0.0995 e. The van der Waals surface area contributed by atoms with Crippen LogP contribution in [0.1, 0.15) is 97.3 Å². The monoisotopic (exact) mass is 335 g/mol. The molecule has 0 spiro atoms. The van der Waals surface area contributed by atoms with Crippen LogP contribution in [0.2, 0.25) is 0 Å². The molecular formula is C21H41N3. The van der Waals surface area contributed by atoms with Crippen LogP contribution in [0.3, 0.4) is 0 Å². The van der Waals surface area contributed by atoms with Gasteiger partial charge in [0.25, 0.3) is 0 Å². The van der Waals surface area contributed by atoms with E-state index in [2.05, 4.69) is 35.5 Å². The van der Waals surface area contributed by atoms with Crippen LogP contribution < -0.4 is 11.1 Å². The normalized spacial score (nSPS) is 18.5. The fraction of sp³-hybridized carbons (Fsp3) is 0.810. The average molecular weight is 336 g/mol. The number of hydrogen-bond donors (Lipinski definition) is 2. The first kappa shape index (κ1) is 21.1. The Morgan fingerprint density at radius 2 is 1.54 bits per heavy atom. The van der Waals surface area contributed by atoms with E-state index in [-0.39, 0.29) is 6.17 Å². The maximum atomic E-state index is 5.96. The van der Waals surface area contributed by atoms with Crippen LogP contribution in [0.25, 0.3) is 0 Å². The number of allylic oxidation sites excluding steroid dienone is 2. The average Bonchev–Trinajstić information content (AvgIpc) is 3.04. The van der Waals surface area contributed by atoms with E-state index >= 15 is 0 Å². The topological polar surface area (TPSA) is 41.3 Å². The third-order valence-electron chi connectivity index (χ3n) is 4.85. The Morgan fingerprint density at radius 1 is 0.958 bits per heavy atom. The zero-order valence-corrected chi connectivity index (χ0v) is 16.2. The molecule has 0 fully saturated rings.